The number of aliphatic carboxylic acids is 1. The number of ether oxygens (including phenoxy) is 1. The summed E-state index contributed by atoms with van der Waals surface area (Å²) in [5.74, 6) is -0.0642. The minimum absolute atomic E-state index is 0.123. The lowest BCUT2D eigenvalue weighted by Gasteiger charge is -2.16. The summed E-state index contributed by atoms with van der Waals surface area (Å²) in [5, 5.41) is 11.9. The molecule has 3 unspecified atom stereocenters. The van der Waals surface area contributed by atoms with Crippen LogP contribution in [0.1, 0.15) is 38.2 Å². The second-order valence-electron chi connectivity index (χ2n) is 6.25. The van der Waals surface area contributed by atoms with Gasteiger partial charge in [0.05, 0.1) is 7.11 Å². The molecule has 2 N–H and O–H groups in total. The van der Waals surface area contributed by atoms with Crippen LogP contribution in [0.15, 0.2) is 24.3 Å². The van der Waals surface area contributed by atoms with Gasteiger partial charge in [0, 0.05) is 5.92 Å². The summed E-state index contributed by atoms with van der Waals surface area (Å²) in [5.41, 5.74) is 1.09. The number of nitrogens with one attached hydrogen (secondary N) is 1. The summed E-state index contributed by atoms with van der Waals surface area (Å²) < 4.78 is 5.11. The monoisotopic (exact) mass is 305 g/mol. The molecule has 0 heterocycles. The van der Waals surface area contributed by atoms with E-state index in [0.717, 1.165) is 17.7 Å². The van der Waals surface area contributed by atoms with Crippen LogP contribution in [-0.4, -0.2) is 30.1 Å². The first kappa shape index (κ1) is 16.3. The third-order valence-corrected chi connectivity index (χ3v) is 3.99. The molecule has 5 heteroatoms. The van der Waals surface area contributed by atoms with E-state index < -0.39 is 12.0 Å². The van der Waals surface area contributed by atoms with Crippen LogP contribution in [0, 0.1) is 11.8 Å². The van der Waals surface area contributed by atoms with E-state index in [1.54, 1.807) is 7.11 Å². The fourth-order valence-corrected chi connectivity index (χ4v) is 2.68. The van der Waals surface area contributed by atoms with Gasteiger partial charge in [-0.05, 0) is 42.4 Å². The Balaban J connectivity index is 1.92. The minimum Gasteiger partial charge on any atom is -0.497 e. The highest BCUT2D eigenvalue weighted by Crippen LogP contribution is 2.47. The molecule has 0 spiro atoms. The zero-order chi connectivity index (χ0) is 16.3. The quantitative estimate of drug-likeness (QED) is 0.811. The molecule has 3 atom stereocenters. The number of methoxy groups -OCH3 is 1. The number of benzene rings is 1. The summed E-state index contributed by atoms with van der Waals surface area (Å²) >= 11 is 0. The first-order valence-corrected chi connectivity index (χ1v) is 7.59. The molecule has 22 heavy (non-hydrogen) atoms. The molecule has 1 fully saturated rings. The number of hydrogen-bond donors (Lipinski definition) is 2. The fourth-order valence-electron chi connectivity index (χ4n) is 2.68. The maximum absolute atomic E-state index is 12.2. The molecular weight excluding hydrogens is 282 g/mol. The van der Waals surface area contributed by atoms with E-state index >= 15 is 0 Å². The smallest absolute Gasteiger partial charge is 0.326 e. The number of carbonyl (C=O) groups is 2. The Bertz CT molecular complexity index is 538. The predicted molar refractivity (Wildman–Crippen MR) is 82.9 cm³/mol. The molecule has 1 aromatic carbocycles. The van der Waals surface area contributed by atoms with Crippen molar-refractivity contribution in [2.24, 2.45) is 11.8 Å². The predicted octanol–water partition coefficient (Wildman–Crippen LogP) is 2.41. The Morgan fingerprint density at radius 1 is 1.32 bits per heavy atom. The molecule has 1 aliphatic carbocycles. The van der Waals surface area contributed by atoms with Gasteiger partial charge in [-0.1, -0.05) is 26.0 Å². The van der Waals surface area contributed by atoms with Crippen LogP contribution in [0.4, 0.5) is 0 Å². The second kappa shape index (κ2) is 6.81. The maximum atomic E-state index is 12.2. The molecule has 1 amide bonds. The molecule has 0 aromatic heterocycles. The average molecular weight is 305 g/mol. The van der Waals surface area contributed by atoms with Crippen LogP contribution in [-0.2, 0) is 9.59 Å². The number of amides is 1. The molecule has 5 nitrogen and oxygen atoms in total. The summed E-state index contributed by atoms with van der Waals surface area (Å²) in [6.45, 7) is 3.89. The first-order chi connectivity index (χ1) is 10.4. The topological polar surface area (TPSA) is 75.6 Å². The lowest BCUT2D eigenvalue weighted by atomic mass is 10.0. The van der Waals surface area contributed by atoms with Crippen molar-refractivity contribution in [3.63, 3.8) is 0 Å². The Morgan fingerprint density at radius 3 is 2.45 bits per heavy atom. The van der Waals surface area contributed by atoms with Crippen LogP contribution >= 0.6 is 0 Å². The molecule has 0 aliphatic heterocycles. The zero-order valence-corrected chi connectivity index (χ0v) is 13.2. The van der Waals surface area contributed by atoms with E-state index in [1.807, 2.05) is 38.1 Å². The van der Waals surface area contributed by atoms with Gasteiger partial charge >= 0.3 is 5.97 Å². The summed E-state index contributed by atoms with van der Waals surface area (Å²) in [7, 11) is 1.61. The van der Waals surface area contributed by atoms with Crippen LogP contribution in [0.3, 0.4) is 0 Å². The molecule has 0 radical (unpaired) electrons. The van der Waals surface area contributed by atoms with Crippen molar-refractivity contribution in [3.8, 4) is 5.75 Å². The van der Waals surface area contributed by atoms with E-state index in [4.69, 9.17) is 4.74 Å². The summed E-state index contributed by atoms with van der Waals surface area (Å²) in [4.78, 5) is 23.4. The van der Waals surface area contributed by atoms with Gasteiger partial charge in [-0.15, -0.1) is 0 Å². The van der Waals surface area contributed by atoms with Crippen molar-refractivity contribution in [1.29, 1.82) is 0 Å². The fraction of sp³-hybridized carbons (Fsp3) is 0.529. The van der Waals surface area contributed by atoms with Gasteiger partial charge in [0.1, 0.15) is 11.8 Å². The highest BCUT2D eigenvalue weighted by molar-refractivity contribution is 5.87. The average Bonchev–Trinajstić information content (AvgIpc) is 3.26. The van der Waals surface area contributed by atoms with Gasteiger partial charge in [-0.25, -0.2) is 4.79 Å². The maximum Gasteiger partial charge on any atom is 0.326 e. The van der Waals surface area contributed by atoms with E-state index in [1.165, 1.54) is 0 Å². The number of rotatable bonds is 7. The van der Waals surface area contributed by atoms with Crippen LogP contribution in [0.2, 0.25) is 0 Å². The van der Waals surface area contributed by atoms with Crippen molar-refractivity contribution in [2.75, 3.05) is 7.11 Å². The van der Waals surface area contributed by atoms with E-state index in [0.29, 0.717) is 6.42 Å². The molecule has 1 aliphatic rings. The van der Waals surface area contributed by atoms with Crippen molar-refractivity contribution < 1.29 is 19.4 Å². The number of carboxylic acid groups (broad SMARTS) is 1. The van der Waals surface area contributed by atoms with Gasteiger partial charge in [-0.2, -0.15) is 0 Å². The standard InChI is InChI=1S/C17H23NO4/c1-10(2)8-15(17(20)21)18-16(19)14-9-13(14)11-4-6-12(22-3)7-5-11/h4-7,10,13-15H,8-9H2,1-3H3,(H,18,19)(H,20,21). The van der Waals surface area contributed by atoms with Gasteiger partial charge in [-0.3, -0.25) is 4.79 Å². The highest BCUT2D eigenvalue weighted by atomic mass is 16.5. The van der Waals surface area contributed by atoms with E-state index in [2.05, 4.69) is 5.32 Å². The molecule has 1 aromatic rings. The lowest BCUT2D eigenvalue weighted by molar-refractivity contribution is -0.142. The first-order valence-electron chi connectivity index (χ1n) is 7.59. The number of carbonyl (C=O) groups excluding carboxylic acids is 1. The van der Waals surface area contributed by atoms with Crippen molar-refractivity contribution in [3.05, 3.63) is 29.8 Å². The van der Waals surface area contributed by atoms with Crippen LogP contribution in [0.5, 0.6) is 5.75 Å². The molecule has 120 valence electrons. The Kier molecular flexibility index (Phi) is 5.06. The van der Waals surface area contributed by atoms with E-state index in [9.17, 15) is 14.7 Å². The normalized spacial score (nSPS) is 21.3. The summed E-state index contributed by atoms with van der Waals surface area (Å²) in [6.07, 6.45) is 1.22. The third kappa shape index (κ3) is 4.00. The molecule has 1 saturated carbocycles. The summed E-state index contributed by atoms with van der Waals surface area (Å²) in [6, 6.07) is 6.87. The van der Waals surface area contributed by atoms with Crippen LogP contribution in [0.25, 0.3) is 0 Å². The minimum atomic E-state index is -0.969. The Labute approximate surface area is 130 Å². The Hall–Kier alpha value is -2.04. The third-order valence-electron chi connectivity index (χ3n) is 3.99. The SMILES string of the molecule is COc1ccc(C2CC2C(=O)NC(CC(C)C)C(=O)O)cc1. The largest absolute Gasteiger partial charge is 0.497 e. The molecule has 2 rings (SSSR count). The van der Waals surface area contributed by atoms with Crippen molar-refractivity contribution in [1.82, 2.24) is 5.32 Å². The second-order valence-corrected chi connectivity index (χ2v) is 6.25. The number of carboxylic acids is 1. The molecular formula is C17H23NO4. The van der Waals surface area contributed by atoms with Gasteiger partial charge < -0.3 is 15.2 Å². The van der Waals surface area contributed by atoms with Crippen LogP contribution < -0.4 is 10.1 Å². The van der Waals surface area contributed by atoms with Gasteiger partial charge in [0.25, 0.3) is 0 Å². The Morgan fingerprint density at radius 2 is 1.95 bits per heavy atom. The van der Waals surface area contributed by atoms with Crippen molar-refractivity contribution in [2.45, 2.75) is 38.6 Å². The lowest BCUT2D eigenvalue weighted by Crippen LogP contribution is -2.42. The molecule has 0 bridgehead atoms. The van der Waals surface area contributed by atoms with Crippen molar-refractivity contribution >= 4 is 11.9 Å². The highest BCUT2D eigenvalue weighted by Gasteiger charge is 2.44. The van der Waals surface area contributed by atoms with Gasteiger partial charge in [0.2, 0.25) is 5.91 Å². The number of hydrogen-bond acceptors (Lipinski definition) is 3. The molecule has 0 saturated heterocycles. The van der Waals surface area contributed by atoms with Gasteiger partial charge in [0.15, 0.2) is 0 Å². The zero-order valence-electron chi connectivity index (χ0n) is 13.2. The van der Waals surface area contributed by atoms with E-state index in [-0.39, 0.29) is 23.7 Å².